The lowest BCUT2D eigenvalue weighted by atomic mass is 10.1. The van der Waals surface area contributed by atoms with E-state index in [9.17, 15) is 0 Å². The molecule has 0 aliphatic carbocycles. The van der Waals surface area contributed by atoms with Crippen LogP contribution < -0.4 is 0 Å². The van der Waals surface area contributed by atoms with Crippen molar-refractivity contribution < 1.29 is 0 Å². The van der Waals surface area contributed by atoms with Gasteiger partial charge in [-0.2, -0.15) is 0 Å². The minimum absolute atomic E-state index is 0.437. The number of aromatic nitrogens is 3. The van der Waals surface area contributed by atoms with Gasteiger partial charge in [0.1, 0.15) is 5.82 Å². The van der Waals surface area contributed by atoms with Gasteiger partial charge in [-0.3, -0.25) is 0 Å². The summed E-state index contributed by atoms with van der Waals surface area (Å²) < 4.78 is 2.20. The third-order valence-corrected chi connectivity index (χ3v) is 2.81. The van der Waals surface area contributed by atoms with Crippen LogP contribution in [0.3, 0.4) is 0 Å². The molecular weight excluding hydrogens is 198 g/mol. The zero-order chi connectivity index (χ0) is 11.9. The lowest BCUT2D eigenvalue weighted by Crippen LogP contribution is -1.97. The van der Waals surface area contributed by atoms with Crippen molar-refractivity contribution in [3.8, 4) is 0 Å². The smallest absolute Gasteiger partial charge is 0.126 e. The molecule has 0 spiro atoms. The van der Waals surface area contributed by atoms with E-state index in [0.29, 0.717) is 12.0 Å². The van der Waals surface area contributed by atoms with E-state index in [1.54, 1.807) is 0 Å². The Morgan fingerprint density at radius 1 is 1.06 bits per heavy atom. The maximum Gasteiger partial charge on any atom is 0.126 e. The molecule has 0 unspecified atom stereocenters. The first-order valence-electron chi connectivity index (χ1n) is 5.84. The van der Waals surface area contributed by atoms with Crippen molar-refractivity contribution in [2.75, 3.05) is 0 Å². The van der Waals surface area contributed by atoms with Gasteiger partial charge in [-0.1, -0.05) is 13.8 Å². The van der Waals surface area contributed by atoms with E-state index in [4.69, 9.17) is 0 Å². The van der Waals surface area contributed by atoms with Gasteiger partial charge in [0, 0.05) is 23.8 Å². The van der Waals surface area contributed by atoms with Crippen LogP contribution in [0.2, 0.25) is 0 Å². The SMILES string of the molecule is Cc1nc(C(C)C)c2cn(C(C)C)cc2n1. The second-order valence-corrected chi connectivity index (χ2v) is 4.91. The van der Waals surface area contributed by atoms with Gasteiger partial charge in [-0.15, -0.1) is 0 Å². The summed E-state index contributed by atoms with van der Waals surface area (Å²) in [5.41, 5.74) is 2.21. The Hall–Kier alpha value is -1.38. The highest BCUT2D eigenvalue weighted by Crippen LogP contribution is 2.24. The lowest BCUT2D eigenvalue weighted by Gasteiger charge is -2.06. The first kappa shape index (κ1) is 11.1. The summed E-state index contributed by atoms with van der Waals surface area (Å²) >= 11 is 0. The summed E-state index contributed by atoms with van der Waals surface area (Å²) in [5, 5.41) is 1.19. The van der Waals surface area contributed by atoms with Crippen LogP contribution in [0.4, 0.5) is 0 Å². The Bertz CT molecular complexity index is 509. The van der Waals surface area contributed by atoms with Gasteiger partial charge in [0.25, 0.3) is 0 Å². The quantitative estimate of drug-likeness (QED) is 0.771. The van der Waals surface area contributed by atoms with Crippen molar-refractivity contribution in [3.05, 3.63) is 23.9 Å². The fraction of sp³-hybridized carbons (Fsp3) is 0.538. The van der Waals surface area contributed by atoms with Crippen LogP contribution in [-0.4, -0.2) is 14.5 Å². The van der Waals surface area contributed by atoms with Gasteiger partial charge in [0.2, 0.25) is 0 Å². The van der Waals surface area contributed by atoms with E-state index in [2.05, 4.69) is 54.6 Å². The fourth-order valence-corrected chi connectivity index (χ4v) is 1.92. The molecular formula is C13H19N3. The molecule has 0 bridgehead atoms. The number of fused-ring (bicyclic) bond motifs is 1. The first-order chi connectivity index (χ1) is 7.49. The van der Waals surface area contributed by atoms with E-state index >= 15 is 0 Å². The van der Waals surface area contributed by atoms with Gasteiger partial charge < -0.3 is 4.57 Å². The maximum atomic E-state index is 4.55. The molecule has 3 heteroatoms. The van der Waals surface area contributed by atoms with Gasteiger partial charge in [0.05, 0.1) is 11.2 Å². The monoisotopic (exact) mass is 217 g/mol. The molecule has 3 nitrogen and oxygen atoms in total. The summed E-state index contributed by atoms with van der Waals surface area (Å²) in [6.45, 7) is 10.7. The van der Waals surface area contributed by atoms with Gasteiger partial charge in [0.15, 0.2) is 0 Å². The molecule has 0 saturated heterocycles. The minimum atomic E-state index is 0.437. The lowest BCUT2D eigenvalue weighted by molar-refractivity contribution is 0.605. The molecule has 0 N–H and O–H groups in total. The van der Waals surface area contributed by atoms with E-state index in [1.165, 1.54) is 5.39 Å². The van der Waals surface area contributed by atoms with Crippen molar-refractivity contribution >= 4 is 10.9 Å². The first-order valence-corrected chi connectivity index (χ1v) is 5.84. The summed E-state index contributed by atoms with van der Waals surface area (Å²) in [7, 11) is 0. The molecule has 2 heterocycles. The van der Waals surface area contributed by atoms with Gasteiger partial charge in [-0.05, 0) is 26.7 Å². The molecule has 0 aliphatic rings. The zero-order valence-corrected chi connectivity index (χ0v) is 10.7. The summed E-state index contributed by atoms with van der Waals surface area (Å²) in [6.07, 6.45) is 4.27. The minimum Gasteiger partial charge on any atom is -0.349 e. The normalized spacial score (nSPS) is 11.9. The Kier molecular flexibility index (Phi) is 2.70. The highest BCUT2D eigenvalue weighted by molar-refractivity contribution is 5.81. The zero-order valence-electron chi connectivity index (χ0n) is 10.7. The predicted octanol–water partition coefficient (Wildman–Crippen LogP) is 3.44. The van der Waals surface area contributed by atoms with Gasteiger partial charge in [-0.25, -0.2) is 9.97 Å². The predicted molar refractivity (Wildman–Crippen MR) is 66.7 cm³/mol. The average molecular weight is 217 g/mol. The van der Waals surface area contributed by atoms with Crippen LogP contribution in [0, 0.1) is 6.92 Å². The van der Waals surface area contributed by atoms with Crippen molar-refractivity contribution in [3.63, 3.8) is 0 Å². The molecule has 0 aliphatic heterocycles. The summed E-state index contributed by atoms with van der Waals surface area (Å²) in [6, 6.07) is 0.467. The Labute approximate surface area is 96.5 Å². The molecule has 86 valence electrons. The van der Waals surface area contributed by atoms with Gasteiger partial charge >= 0.3 is 0 Å². The molecule has 0 fully saturated rings. The van der Waals surface area contributed by atoms with E-state index in [1.807, 2.05) is 6.92 Å². The number of aryl methyl sites for hydroxylation is 1. The largest absolute Gasteiger partial charge is 0.349 e. The molecule has 2 rings (SSSR count). The maximum absolute atomic E-state index is 4.55. The number of nitrogens with zero attached hydrogens (tertiary/aromatic N) is 3. The third-order valence-electron chi connectivity index (χ3n) is 2.81. The molecule has 0 atom stereocenters. The molecule has 0 radical (unpaired) electrons. The molecule has 0 amide bonds. The van der Waals surface area contributed by atoms with Crippen LogP contribution in [0.25, 0.3) is 10.9 Å². The van der Waals surface area contributed by atoms with E-state index in [-0.39, 0.29) is 0 Å². The van der Waals surface area contributed by atoms with Crippen LogP contribution in [0.1, 0.15) is 51.2 Å². The number of rotatable bonds is 2. The second-order valence-electron chi connectivity index (χ2n) is 4.91. The second kappa shape index (κ2) is 3.89. The highest BCUT2D eigenvalue weighted by atomic mass is 15.0. The summed E-state index contributed by atoms with van der Waals surface area (Å²) in [5.74, 6) is 1.30. The molecule has 2 aromatic rings. The van der Waals surface area contributed by atoms with Crippen LogP contribution in [0.15, 0.2) is 12.4 Å². The molecule has 0 saturated carbocycles. The Morgan fingerprint density at radius 2 is 1.75 bits per heavy atom. The Morgan fingerprint density at radius 3 is 2.31 bits per heavy atom. The molecule has 2 aromatic heterocycles. The van der Waals surface area contributed by atoms with Crippen molar-refractivity contribution in [1.29, 1.82) is 0 Å². The van der Waals surface area contributed by atoms with Crippen molar-refractivity contribution in [1.82, 2.24) is 14.5 Å². The molecule has 16 heavy (non-hydrogen) atoms. The fourth-order valence-electron chi connectivity index (χ4n) is 1.92. The van der Waals surface area contributed by atoms with Crippen LogP contribution >= 0.6 is 0 Å². The average Bonchev–Trinajstić information content (AvgIpc) is 2.59. The van der Waals surface area contributed by atoms with Crippen LogP contribution in [0.5, 0.6) is 0 Å². The van der Waals surface area contributed by atoms with Crippen molar-refractivity contribution in [2.24, 2.45) is 0 Å². The number of hydrogen-bond donors (Lipinski definition) is 0. The van der Waals surface area contributed by atoms with E-state index < -0.39 is 0 Å². The third kappa shape index (κ3) is 1.82. The van der Waals surface area contributed by atoms with E-state index in [0.717, 1.165) is 17.0 Å². The standard InChI is InChI=1S/C13H19N3/c1-8(2)13-11-6-16(9(3)4)7-12(11)14-10(5)15-13/h6-9H,1-5H3. The number of hydrogen-bond acceptors (Lipinski definition) is 2. The summed E-state index contributed by atoms with van der Waals surface area (Å²) in [4.78, 5) is 9.04. The Balaban J connectivity index is 2.70. The molecule has 0 aromatic carbocycles. The van der Waals surface area contributed by atoms with Crippen molar-refractivity contribution in [2.45, 2.75) is 46.6 Å². The highest BCUT2D eigenvalue weighted by Gasteiger charge is 2.12. The topological polar surface area (TPSA) is 30.7 Å². The van der Waals surface area contributed by atoms with Crippen LogP contribution in [-0.2, 0) is 0 Å².